The van der Waals surface area contributed by atoms with Crippen LogP contribution in [0.3, 0.4) is 0 Å². The molecule has 112 valence electrons. The number of pyridine rings is 2. The third kappa shape index (κ3) is 5.34. The molecule has 0 saturated heterocycles. The highest BCUT2D eigenvalue weighted by atomic mass is 16.1. The first-order chi connectivity index (χ1) is 9.97. The third-order valence-electron chi connectivity index (χ3n) is 3.11. The molecule has 0 radical (unpaired) electrons. The number of rotatable bonds is 3. The van der Waals surface area contributed by atoms with Gasteiger partial charge in [0.25, 0.3) is 5.91 Å². The number of hydrogen-bond acceptors (Lipinski definition) is 3. The van der Waals surface area contributed by atoms with Crippen LogP contribution in [0.2, 0.25) is 0 Å². The zero-order valence-corrected chi connectivity index (χ0v) is 13.2. The Labute approximate surface area is 126 Å². The second-order valence-electron chi connectivity index (χ2n) is 4.84. The Bertz CT molecular complexity index is 591. The third-order valence-corrected chi connectivity index (χ3v) is 3.11. The largest absolute Gasteiger partial charge is 0.364 e. The van der Waals surface area contributed by atoms with Crippen molar-refractivity contribution in [3.63, 3.8) is 0 Å². The monoisotopic (exact) mass is 285 g/mol. The van der Waals surface area contributed by atoms with Gasteiger partial charge in [-0.05, 0) is 49.9 Å². The van der Waals surface area contributed by atoms with Crippen molar-refractivity contribution in [1.82, 2.24) is 9.97 Å². The highest BCUT2D eigenvalue weighted by Crippen LogP contribution is 2.07. The molecule has 0 unspecified atom stereocenters. The van der Waals surface area contributed by atoms with Gasteiger partial charge in [0.05, 0.1) is 0 Å². The van der Waals surface area contributed by atoms with E-state index < -0.39 is 5.91 Å². The van der Waals surface area contributed by atoms with Crippen LogP contribution >= 0.6 is 0 Å². The zero-order chi connectivity index (χ0) is 15.8. The standard InChI is InChI=1S/C9H12N2O.C8H11N/c1-3-7-5-4-6(2)11-8(7)9(10)12;1-3-8-5-4-7(2)9-6-8/h4-5H,3H2,1-2H3,(H2,10,12);4-6H,3H2,1-2H3. The Hall–Kier alpha value is -2.23. The van der Waals surface area contributed by atoms with Gasteiger partial charge in [-0.25, -0.2) is 4.98 Å². The number of aryl methyl sites for hydroxylation is 4. The summed E-state index contributed by atoms with van der Waals surface area (Å²) < 4.78 is 0. The first-order valence-electron chi connectivity index (χ1n) is 7.15. The molecule has 4 heteroatoms. The highest BCUT2D eigenvalue weighted by Gasteiger charge is 2.07. The summed E-state index contributed by atoms with van der Waals surface area (Å²) in [6.07, 6.45) is 3.79. The van der Waals surface area contributed by atoms with Crippen molar-refractivity contribution >= 4 is 5.91 Å². The van der Waals surface area contributed by atoms with E-state index in [1.807, 2.05) is 45.2 Å². The number of hydrogen-bond donors (Lipinski definition) is 1. The van der Waals surface area contributed by atoms with Crippen LogP contribution < -0.4 is 5.73 Å². The summed E-state index contributed by atoms with van der Waals surface area (Å²) in [5.74, 6) is -0.449. The molecule has 2 rings (SSSR count). The van der Waals surface area contributed by atoms with E-state index in [9.17, 15) is 4.79 Å². The van der Waals surface area contributed by atoms with E-state index in [1.54, 1.807) is 0 Å². The van der Waals surface area contributed by atoms with Crippen LogP contribution in [0.25, 0.3) is 0 Å². The lowest BCUT2D eigenvalue weighted by Gasteiger charge is -2.03. The maximum absolute atomic E-state index is 10.9. The van der Waals surface area contributed by atoms with Gasteiger partial charge in [-0.3, -0.25) is 9.78 Å². The molecule has 4 nitrogen and oxygen atoms in total. The fraction of sp³-hybridized carbons (Fsp3) is 0.353. The summed E-state index contributed by atoms with van der Waals surface area (Å²) in [7, 11) is 0. The predicted octanol–water partition coefficient (Wildman–Crippen LogP) is 3.00. The smallest absolute Gasteiger partial charge is 0.267 e. The Morgan fingerprint density at radius 3 is 2.19 bits per heavy atom. The molecule has 2 aromatic heterocycles. The maximum atomic E-state index is 10.9. The molecule has 0 fully saturated rings. The van der Waals surface area contributed by atoms with E-state index in [0.29, 0.717) is 5.69 Å². The van der Waals surface area contributed by atoms with E-state index in [0.717, 1.165) is 29.8 Å². The summed E-state index contributed by atoms with van der Waals surface area (Å²) >= 11 is 0. The molecule has 0 atom stereocenters. The average molecular weight is 285 g/mol. The predicted molar refractivity (Wildman–Crippen MR) is 85.2 cm³/mol. The SMILES string of the molecule is CCc1ccc(C)nc1.CCc1ccc(C)nc1C(N)=O. The first-order valence-corrected chi connectivity index (χ1v) is 7.15. The molecule has 0 aliphatic carbocycles. The van der Waals surface area contributed by atoms with Crippen molar-refractivity contribution in [3.8, 4) is 0 Å². The average Bonchev–Trinajstić information content (AvgIpc) is 2.48. The van der Waals surface area contributed by atoms with Gasteiger partial charge >= 0.3 is 0 Å². The molecule has 0 bridgehead atoms. The van der Waals surface area contributed by atoms with E-state index in [-0.39, 0.29) is 0 Å². The molecule has 0 spiro atoms. The van der Waals surface area contributed by atoms with Gasteiger partial charge in [-0.2, -0.15) is 0 Å². The van der Waals surface area contributed by atoms with Crippen LogP contribution in [0.5, 0.6) is 0 Å². The molecule has 2 heterocycles. The minimum atomic E-state index is -0.449. The van der Waals surface area contributed by atoms with E-state index in [2.05, 4.69) is 23.0 Å². The molecule has 2 aromatic rings. The number of carbonyl (C=O) groups is 1. The number of carbonyl (C=O) groups excluding carboxylic acids is 1. The number of primary amides is 1. The summed E-state index contributed by atoms with van der Waals surface area (Å²) in [4.78, 5) is 19.1. The fourth-order valence-electron chi connectivity index (χ4n) is 1.79. The summed E-state index contributed by atoms with van der Waals surface area (Å²) in [5.41, 5.74) is 9.68. The van der Waals surface area contributed by atoms with Gasteiger partial charge in [0.1, 0.15) is 5.69 Å². The van der Waals surface area contributed by atoms with Gasteiger partial charge in [0.15, 0.2) is 0 Å². The number of aromatic nitrogens is 2. The summed E-state index contributed by atoms with van der Waals surface area (Å²) in [6, 6.07) is 7.93. The van der Waals surface area contributed by atoms with Crippen molar-refractivity contribution in [1.29, 1.82) is 0 Å². The lowest BCUT2D eigenvalue weighted by Crippen LogP contribution is -2.16. The molecule has 0 saturated carbocycles. The second-order valence-corrected chi connectivity index (χ2v) is 4.84. The number of amides is 1. The zero-order valence-electron chi connectivity index (χ0n) is 13.2. The Morgan fingerprint density at radius 2 is 1.71 bits per heavy atom. The van der Waals surface area contributed by atoms with Crippen LogP contribution in [0.4, 0.5) is 0 Å². The Balaban J connectivity index is 0.000000219. The summed E-state index contributed by atoms with van der Waals surface area (Å²) in [5, 5.41) is 0. The minimum absolute atomic E-state index is 0.400. The number of nitrogens with zero attached hydrogens (tertiary/aromatic N) is 2. The van der Waals surface area contributed by atoms with Crippen molar-refractivity contribution < 1.29 is 4.79 Å². The van der Waals surface area contributed by atoms with Crippen LogP contribution in [-0.2, 0) is 12.8 Å². The van der Waals surface area contributed by atoms with Crippen molar-refractivity contribution in [2.75, 3.05) is 0 Å². The lowest BCUT2D eigenvalue weighted by molar-refractivity contribution is 0.0994. The summed E-state index contributed by atoms with van der Waals surface area (Å²) in [6.45, 7) is 7.94. The number of nitrogens with two attached hydrogens (primary N) is 1. The van der Waals surface area contributed by atoms with Crippen LogP contribution in [0.15, 0.2) is 30.5 Å². The molecular weight excluding hydrogens is 262 g/mol. The maximum Gasteiger partial charge on any atom is 0.267 e. The minimum Gasteiger partial charge on any atom is -0.364 e. The van der Waals surface area contributed by atoms with E-state index in [1.165, 1.54) is 5.56 Å². The normalized spacial score (nSPS) is 9.71. The fourth-order valence-corrected chi connectivity index (χ4v) is 1.79. The van der Waals surface area contributed by atoms with Gasteiger partial charge in [-0.1, -0.05) is 26.0 Å². The van der Waals surface area contributed by atoms with Gasteiger partial charge < -0.3 is 5.73 Å². The van der Waals surface area contributed by atoms with Crippen LogP contribution in [0.1, 0.15) is 46.9 Å². The van der Waals surface area contributed by atoms with Crippen LogP contribution in [-0.4, -0.2) is 15.9 Å². The van der Waals surface area contributed by atoms with Crippen molar-refractivity contribution in [2.24, 2.45) is 5.73 Å². The van der Waals surface area contributed by atoms with Crippen molar-refractivity contribution in [2.45, 2.75) is 40.5 Å². The molecule has 1 amide bonds. The molecule has 2 N–H and O–H groups in total. The topological polar surface area (TPSA) is 68.9 Å². The Kier molecular flexibility index (Phi) is 6.53. The molecule has 0 aliphatic rings. The quantitative estimate of drug-likeness (QED) is 0.942. The highest BCUT2D eigenvalue weighted by molar-refractivity contribution is 5.92. The van der Waals surface area contributed by atoms with Gasteiger partial charge in [0.2, 0.25) is 0 Å². The Morgan fingerprint density at radius 1 is 1.05 bits per heavy atom. The van der Waals surface area contributed by atoms with E-state index in [4.69, 9.17) is 5.73 Å². The molecule has 0 aliphatic heterocycles. The van der Waals surface area contributed by atoms with Gasteiger partial charge in [0, 0.05) is 17.6 Å². The van der Waals surface area contributed by atoms with E-state index >= 15 is 0 Å². The lowest BCUT2D eigenvalue weighted by atomic mass is 10.1. The second kappa shape index (κ2) is 8.15. The van der Waals surface area contributed by atoms with Gasteiger partial charge in [-0.15, -0.1) is 0 Å². The molecule has 0 aromatic carbocycles. The molecule has 21 heavy (non-hydrogen) atoms. The first kappa shape index (κ1) is 16.8. The van der Waals surface area contributed by atoms with Crippen molar-refractivity contribution in [3.05, 3.63) is 58.7 Å². The van der Waals surface area contributed by atoms with Crippen LogP contribution in [0, 0.1) is 13.8 Å². The molecular formula is C17H23N3O.